The lowest BCUT2D eigenvalue weighted by Crippen LogP contribution is -2.30. The first kappa shape index (κ1) is 17.0. The van der Waals surface area contributed by atoms with E-state index in [9.17, 15) is 9.18 Å². The predicted molar refractivity (Wildman–Crippen MR) is 94.1 cm³/mol. The zero-order chi connectivity index (χ0) is 17.6. The molecule has 0 aliphatic rings. The molecule has 0 aliphatic heterocycles. The van der Waals surface area contributed by atoms with Gasteiger partial charge in [-0.3, -0.25) is 4.79 Å². The van der Waals surface area contributed by atoms with Crippen molar-refractivity contribution < 1.29 is 13.9 Å². The quantitative estimate of drug-likeness (QED) is 0.694. The molecule has 0 fully saturated rings. The number of aromatic nitrogens is 2. The SMILES string of the molecule is CCc1cccc(OCC(=O)NCCc2nc3ccc(F)cc3[nH]2)c1. The van der Waals surface area contributed by atoms with E-state index in [-0.39, 0.29) is 18.3 Å². The Morgan fingerprint density at radius 3 is 3.00 bits per heavy atom. The van der Waals surface area contributed by atoms with Crippen LogP contribution in [0.1, 0.15) is 18.3 Å². The molecule has 130 valence electrons. The molecule has 25 heavy (non-hydrogen) atoms. The van der Waals surface area contributed by atoms with Crippen LogP contribution in [0.25, 0.3) is 11.0 Å². The maximum Gasteiger partial charge on any atom is 0.257 e. The minimum Gasteiger partial charge on any atom is -0.484 e. The summed E-state index contributed by atoms with van der Waals surface area (Å²) in [4.78, 5) is 19.3. The second-order valence-electron chi connectivity index (χ2n) is 5.73. The van der Waals surface area contributed by atoms with Crippen LogP contribution < -0.4 is 10.1 Å². The molecular formula is C19H20FN3O2. The summed E-state index contributed by atoms with van der Waals surface area (Å²) in [6, 6.07) is 12.1. The first-order valence-electron chi connectivity index (χ1n) is 8.26. The van der Waals surface area contributed by atoms with Crippen LogP contribution in [0.5, 0.6) is 5.75 Å². The first-order chi connectivity index (χ1) is 12.1. The van der Waals surface area contributed by atoms with E-state index in [0.717, 1.165) is 6.42 Å². The molecule has 2 N–H and O–H groups in total. The van der Waals surface area contributed by atoms with Gasteiger partial charge < -0.3 is 15.0 Å². The molecule has 0 saturated carbocycles. The van der Waals surface area contributed by atoms with E-state index in [1.54, 1.807) is 6.07 Å². The van der Waals surface area contributed by atoms with Gasteiger partial charge >= 0.3 is 0 Å². The highest BCUT2D eigenvalue weighted by Crippen LogP contribution is 2.14. The van der Waals surface area contributed by atoms with E-state index in [0.29, 0.717) is 35.6 Å². The van der Waals surface area contributed by atoms with Crippen LogP contribution in [-0.2, 0) is 17.6 Å². The van der Waals surface area contributed by atoms with Crippen LogP contribution in [0.2, 0.25) is 0 Å². The number of amides is 1. The summed E-state index contributed by atoms with van der Waals surface area (Å²) < 4.78 is 18.7. The van der Waals surface area contributed by atoms with Gasteiger partial charge in [-0.1, -0.05) is 19.1 Å². The Morgan fingerprint density at radius 1 is 1.28 bits per heavy atom. The van der Waals surface area contributed by atoms with Crippen molar-refractivity contribution in [1.29, 1.82) is 0 Å². The predicted octanol–water partition coefficient (Wildman–Crippen LogP) is 3.00. The second-order valence-corrected chi connectivity index (χ2v) is 5.73. The van der Waals surface area contributed by atoms with E-state index in [2.05, 4.69) is 22.2 Å². The number of halogens is 1. The number of ether oxygens (including phenoxy) is 1. The van der Waals surface area contributed by atoms with E-state index in [4.69, 9.17) is 4.74 Å². The van der Waals surface area contributed by atoms with Gasteiger partial charge in [0.15, 0.2) is 6.61 Å². The third-order valence-electron chi connectivity index (χ3n) is 3.85. The normalized spacial score (nSPS) is 10.8. The number of nitrogens with zero attached hydrogens (tertiary/aromatic N) is 1. The summed E-state index contributed by atoms with van der Waals surface area (Å²) in [5.41, 5.74) is 2.53. The molecule has 1 amide bonds. The fraction of sp³-hybridized carbons (Fsp3) is 0.263. The summed E-state index contributed by atoms with van der Waals surface area (Å²) in [6.07, 6.45) is 1.46. The van der Waals surface area contributed by atoms with E-state index in [1.807, 2.05) is 24.3 Å². The number of hydrogen-bond donors (Lipinski definition) is 2. The third kappa shape index (κ3) is 4.56. The summed E-state index contributed by atoms with van der Waals surface area (Å²) in [5.74, 6) is 0.899. The molecule has 1 heterocycles. The maximum absolute atomic E-state index is 13.2. The lowest BCUT2D eigenvalue weighted by atomic mass is 10.2. The molecule has 2 aromatic carbocycles. The molecule has 0 saturated heterocycles. The van der Waals surface area contributed by atoms with E-state index in [1.165, 1.54) is 17.7 Å². The van der Waals surface area contributed by atoms with Crippen molar-refractivity contribution in [2.24, 2.45) is 0 Å². The van der Waals surface area contributed by atoms with Crippen molar-refractivity contribution in [2.45, 2.75) is 19.8 Å². The fourth-order valence-corrected chi connectivity index (χ4v) is 2.53. The molecular weight excluding hydrogens is 321 g/mol. The number of carbonyl (C=O) groups excluding carboxylic acids is 1. The lowest BCUT2D eigenvalue weighted by molar-refractivity contribution is -0.123. The summed E-state index contributed by atoms with van der Waals surface area (Å²) in [7, 11) is 0. The minimum absolute atomic E-state index is 0.0293. The fourth-order valence-electron chi connectivity index (χ4n) is 2.53. The molecule has 1 aromatic heterocycles. The van der Waals surface area contributed by atoms with Gasteiger partial charge in [0, 0.05) is 13.0 Å². The number of rotatable bonds is 7. The van der Waals surface area contributed by atoms with Crippen molar-refractivity contribution in [3.05, 3.63) is 59.7 Å². The van der Waals surface area contributed by atoms with Crippen LogP contribution in [0.4, 0.5) is 4.39 Å². The number of aromatic amines is 1. The number of H-pyrrole nitrogens is 1. The van der Waals surface area contributed by atoms with Gasteiger partial charge in [-0.15, -0.1) is 0 Å². The minimum atomic E-state index is -0.305. The molecule has 3 aromatic rings. The highest BCUT2D eigenvalue weighted by Gasteiger charge is 2.06. The number of carbonyl (C=O) groups is 1. The largest absolute Gasteiger partial charge is 0.484 e. The van der Waals surface area contributed by atoms with Crippen molar-refractivity contribution in [3.8, 4) is 5.75 Å². The molecule has 0 aliphatic carbocycles. The van der Waals surface area contributed by atoms with Crippen molar-refractivity contribution in [2.75, 3.05) is 13.2 Å². The van der Waals surface area contributed by atoms with Gasteiger partial charge in [-0.05, 0) is 42.3 Å². The monoisotopic (exact) mass is 341 g/mol. The van der Waals surface area contributed by atoms with Crippen LogP contribution in [0.15, 0.2) is 42.5 Å². The molecule has 0 spiro atoms. The Morgan fingerprint density at radius 2 is 2.16 bits per heavy atom. The van der Waals surface area contributed by atoms with Gasteiger partial charge in [0.25, 0.3) is 5.91 Å². The second kappa shape index (κ2) is 7.79. The number of hydrogen-bond acceptors (Lipinski definition) is 3. The Labute approximate surface area is 145 Å². The van der Waals surface area contributed by atoms with Gasteiger partial charge in [0.05, 0.1) is 11.0 Å². The molecule has 3 rings (SSSR count). The van der Waals surface area contributed by atoms with Crippen LogP contribution in [0.3, 0.4) is 0 Å². The van der Waals surface area contributed by atoms with Gasteiger partial charge in [0.2, 0.25) is 0 Å². The first-order valence-corrected chi connectivity index (χ1v) is 8.26. The van der Waals surface area contributed by atoms with Crippen LogP contribution >= 0.6 is 0 Å². The lowest BCUT2D eigenvalue weighted by Gasteiger charge is -2.08. The van der Waals surface area contributed by atoms with Crippen molar-refractivity contribution >= 4 is 16.9 Å². The zero-order valence-electron chi connectivity index (χ0n) is 14.0. The average molecular weight is 341 g/mol. The van der Waals surface area contributed by atoms with Gasteiger partial charge in [-0.25, -0.2) is 9.37 Å². The highest BCUT2D eigenvalue weighted by atomic mass is 19.1. The number of fused-ring (bicyclic) bond motifs is 1. The Balaban J connectivity index is 1.45. The summed E-state index contributed by atoms with van der Waals surface area (Å²) >= 11 is 0. The summed E-state index contributed by atoms with van der Waals surface area (Å²) in [6.45, 7) is 2.47. The third-order valence-corrected chi connectivity index (χ3v) is 3.85. The highest BCUT2D eigenvalue weighted by molar-refractivity contribution is 5.77. The number of imidazole rings is 1. The average Bonchev–Trinajstić information content (AvgIpc) is 3.02. The van der Waals surface area contributed by atoms with Gasteiger partial charge in [0.1, 0.15) is 17.4 Å². The van der Waals surface area contributed by atoms with Crippen molar-refractivity contribution in [3.63, 3.8) is 0 Å². The number of benzene rings is 2. The van der Waals surface area contributed by atoms with Gasteiger partial charge in [-0.2, -0.15) is 0 Å². The van der Waals surface area contributed by atoms with E-state index < -0.39 is 0 Å². The molecule has 6 heteroatoms. The maximum atomic E-state index is 13.2. The standard InChI is InChI=1S/C19H20FN3O2/c1-2-13-4-3-5-15(10-13)25-12-19(24)21-9-8-18-22-16-7-6-14(20)11-17(16)23-18/h3-7,10-11H,2,8-9,12H2,1H3,(H,21,24)(H,22,23). The topological polar surface area (TPSA) is 67.0 Å². The Bertz CT molecular complexity index is 876. The molecule has 0 unspecified atom stereocenters. The molecule has 0 atom stereocenters. The van der Waals surface area contributed by atoms with E-state index >= 15 is 0 Å². The van der Waals surface area contributed by atoms with Crippen LogP contribution in [-0.4, -0.2) is 29.0 Å². The van der Waals surface area contributed by atoms with Crippen molar-refractivity contribution in [1.82, 2.24) is 15.3 Å². The summed E-state index contributed by atoms with van der Waals surface area (Å²) in [5, 5.41) is 2.79. The van der Waals surface area contributed by atoms with Crippen LogP contribution in [0, 0.1) is 5.82 Å². The molecule has 0 radical (unpaired) electrons. The smallest absolute Gasteiger partial charge is 0.257 e. The number of nitrogens with one attached hydrogen (secondary N) is 2. The zero-order valence-corrected chi connectivity index (χ0v) is 14.0. The Kier molecular flexibility index (Phi) is 5.28. The Hall–Kier alpha value is -2.89. The molecule has 5 nitrogen and oxygen atoms in total. The molecule has 0 bridgehead atoms. The number of aryl methyl sites for hydroxylation is 1.